The number of methoxy groups -OCH3 is 1. The Labute approximate surface area is 123 Å². The van der Waals surface area contributed by atoms with Crippen LogP contribution in [-0.4, -0.2) is 53.1 Å². The molecule has 0 N–H and O–H groups in total. The first-order valence-corrected chi connectivity index (χ1v) is 8.32. The standard InChI is InChI=1S/C13H16BrNO3S/c1-18-13-3-2-10(8-11(13)14)12(16)9-15-4-6-19(17)7-5-15/h2-3,8H,4-7,9H2,1H3. The Kier molecular flexibility index (Phi) is 5.13. The molecule has 0 radical (unpaired) electrons. The van der Waals surface area contributed by atoms with Gasteiger partial charge in [-0.1, -0.05) is 0 Å². The highest BCUT2D eigenvalue weighted by Crippen LogP contribution is 2.25. The van der Waals surface area contributed by atoms with Gasteiger partial charge in [0, 0.05) is 41.0 Å². The zero-order chi connectivity index (χ0) is 13.8. The Morgan fingerprint density at radius 1 is 1.42 bits per heavy atom. The van der Waals surface area contributed by atoms with Crippen molar-refractivity contribution < 1.29 is 13.7 Å². The second-order valence-electron chi connectivity index (χ2n) is 4.40. The number of ketones is 1. The van der Waals surface area contributed by atoms with E-state index in [0.29, 0.717) is 29.4 Å². The van der Waals surface area contributed by atoms with E-state index >= 15 is 0 Å². The first-order valence-electron chi connectivity index (χ1n) is 6.04. The molecular weight excluding hydrogens is 330 g/mol. The third-order valence-corrected chi connectivity index (χ3v) is 5.01. The number of nitrogens with zero attached hydrogens (tertiary/aromatic N) is 1. The van der Waals surface area contributed by atoms with Gasteiger partial charge in [0.2, 0.25) is 0 Å². The molecule has 1 saturated heterocycles. The van der Waals surface area contributed by atoms with E-state index in [9.17, 15) is 9.00 Å². The summed E-state index contributed by atoms with van der Waals surface area (Å²) in [5, 5.41) is 0. The monoisotopic (exact) mass is 345 g/mol. The number of hydrogen-bond donors (Lipinski definition) is 0. The summed E-state index contributed by atoms with van der Waals surface area (Å²) in [5.74, 6) is 2.13. The van der Waals surface area contributed by atoms with Crippen molar-refractivity contribution in [3.8, 4) is 5.75 Å². The Bertz CT molecular complexity index is 497. The summed E-state index contributed by atoms with van der Waals surface area (Å²) in [7, 11) is 0.887. The Morgan fingerprint density at radius 3 is 2.68 bits per heavy atom. The zero-order valence-corrected chi connectivity index (χ0v) is 13.1. The van der Waals surface area contributed by atoms with E-state index in [2.05, 4.69) is 20.8 Å². The van der Waals surface area contributed by atoms with Gasteiger partial charge in [-0.15, -0.1) is 0 Å². The number of carbonyl (C=O) groups excluding carboxylic acids is 1. The molecule has 1 aromatic carbocycles. The summed E-state index contributed by atoms with van der Waals surface area (Å²) < 4.78 is 17.2. The lowest BCUT2D eigenvalue weighted by Gasteiger charge is -2.25. The summed E-state index contributed by atoms with van der Waals surface area (Å²) in [4.78, 5) is 14.2. The molecule has 2 rings (SSSR count). The van der Waals surface area contributed by atoms with Gasteiger partial charge < -0.3 is 4.74 Å². The number of ether oxygens (including phenoxy) is 1. The fourth-order valence-electron chi connectivity index (χ4n) is 1.97. The molecule has 0 aromatic heterocycles. The van der Waals surface area contributed by atoms with E-state index in [4.69, 9.17) is 4.74 Å². The summed E-state index contributed by atoms with van der Waals surface area (Å²) in [6, 6.07) is 5.33. The van der Waals surface area contributed by atoms with E-state index in [1.807, 2.05) is 0 Å². The van der Waals surface area contributed by atoms with Crippen LogP contribution in [0.25, 0.3) is 0 Å². The normalized spacial score (nSPS) is 17.4. The van der Waals surface area contributed by atoms with Gasteiger partial charge in [0.1, 0.15) is 5.75 Å². The number of benzene rings is 1. The van der Waals surface area contributed by atoms with E-state index in [1.54, 1.807) is 25.3 Å². The van der Waals surface area contributed by atoms with Crippen LogP contribution < -0.4 is 4.74 Å². The van der Waals surface area contributed by atoms with Gasteiger partial charge in [-0.3, -0.25) is 13.9 Å². The first kappa shape index (κ1) is 14.7. The van der Waals surface area contributed by atoms with Gasteiger partial charge >= 0.3 is 0 Å². The molecule has 6 heteroatoms. The van der Waals surface area contributed by atoms with Crippen LogP contribution in [0.2, 0.25) is 0 Å². The number of rotatable bonds is 4. The highest BCUT2D eigenvalue weighted by Gasteiger charge is 2.18. The molecule has 0 amide bonds. The molecule has 0 atom stereocenters. The molecule has 1 aromatic rings. The van der Waals surface area contributed by atoms with Gasteiger partial charge in [0.05, 0.1) is 18.1 Å². The molecule has 1 aliphatic rings. The topological polar surface area (TPSA) is 46.6 Å². The van der Waals surface area contributed by atoms with Crippen molar-refractivity contribution in [1.29, 1.82) is 0 Å². The molecule has 1 fully saturated rings. The highest BCUT2D eigenvalue weighted by molar-refractivity contribution is 9.10. The van der Waals surface area contributed by atoms with Crippen molar-refractivity contribution >= 4 is 32.5 Å². The molecular formula is C13H16BrNO3S. The molecule has 0 saturated carbocycles. The highest BCUT2D eigenvalue weighted by atomic mass is 79.9. The van der Waals surface area contributed by atoms with Gasteiger partial charge in [-0.05, 0) is 34.1 Å². The summed E-state index contributed by atoms with van der Waals surface area (Å²) in [6.07, 6.45) is 0. The molecule has 1 heterocycles. The SMILES string of the molecule is COc1ccc(C(=O)CN2CCS(=O)CC2)cc1Br. The Hall–Kier alpha value is -0.720. The van der Waals surface area contributed by atoms with Crippen molar-refractivity contribution in [3.05, 3.63) is 28.2 Å². The predicted molar refractivity (Wildman–Crippen MR) is 79.3 cm³/mol. The minimum Gasteiger partial charge on any atom is -0.496 e. The van der Waals surface area contributed by atoms with Crippen molar-refractivity contribution in [2.75, 3.05) is 38.2 Å². The number of halogens is 1. The third-order valence-electron chi connectivity index (χ3n) is 3.11. The molecule has 0 spiro atoms. The van der Waals surface area contributed by atoms with Gasteiger partial charge in [0.25, 0.3) is 0 Å². The van der Waals surface area contributed by atoms with E-state index in [-0.39, 0.29) is 5.78 Å². The summed E-state index contributed by atoms with van der Waals surface area (Å²) in [5.41, 5.74) is 0.666. The molecule has 1 aliphatic heterocycles. The predicted octanol–water partition coefficient (Wildman–Crippen LogP) is 1.70. The van der Waals surface area contributed by atoms with Crippen LogP contribution in [0.5, 0.6) is 5.75 Å². The second kappa shape index (κ2) is 6.63. The van der Waals surface area contributed by atoms with Crippen LogP contribution in [0.3, 0.4) is 0 Å². The van der Waals surface area contributed by atoms with Gasteiger partial charge in [-0.25, -0.2) is 0 Å². The number of hydrogen-bond acceptors (Lipinski definition) is 4. The zero-order valence-electron chi connectivity index (χ0n) is 10.7. The van der Waals surface area contributed by atoms with Crippen LogP contribution in [0, 0.1) is 0 Å². The Balaban J connectivity index is 2.00. The van der Waals surface area contributed by atoms with Crippen LogP contribution in [0.4, 0.5) is 0 Å². The van der Waals surface area contributed by atoms with Gasteiger partial charge in [-0.2, -0.15) is 0 Å². The number of Topliss-reactive ketones (excluding diaryl/α,β-unsaturated/α-hetero) is 1. The van der Waals surface area contributed by atoms with Crippen molar-refractivity contribution in [1.82, 2.24) is 4.90 Å². The van der Waals surface area contributed by atoms with Gasteiger partial charge in [0.15, 0.2) is 5.78 Å². The van der Waals surface area contributed by atoms with Crippen LogP contribution in [0.1, 0.15) is 10.4 Å². The lowest BCUT2D eigenvalue weighted by molar-refractivity contribution is 0.0936. The maximum absolute atomic E-state index is 12.2. The largest absolute Gasteiger partial charge is 0.496 e. The second-order valence-corrected chi connectivity index (χ2v) is 6.95. The fourth-order valence-corrected chi connectivity index (χ4v) is 3.64. The smallest absolute Gasteiger partial charge is 0.176 e. The van der Waals surface area contributed by atoms with Crippen LogP contribution in [-0.2, 0) is 10.8 Å². The van der Waals surface area contributed by atoms with Crippen LogP contribution in [0.15, 0.2) is 22.7 Å². The van der Waals surface area contributed by atoms with E-state index < -0.39 is 10.8 Å². The van der Waals surface area contributed by atoms with Crippen molar-refractivity contribution in [2.45, 2.75) is 0 Å². The molecule has 0 unspecified atom stereocenters. The van der Waals surface area contributed by atoms with Crippen LogP contribution >= 0.6 is 15.9 Å². The van der Waals surface area contributed by atoms with Crippen molar-refractivity contribution in [2.24, 2.45) is 0 Å². The lowest BCUT2D eigenvalue weighted by atomic mass is 10.1. The first-order chi connectivity index (χ1) is 9.10. The Morgan fingerprint density at radius 2 is 2.11 bits per heavy atom. The third kappa shape index (κ3) is 3.87. The average Bonchev–Trinajstić information content (AvgIpc) is 2.41. The molecule has 19 heavy (non-hydrogen) atoms. The summed E-state index contributed by atoms with van der Waals surface area (Å²) >= 11 is 3.38. The quantitative estimate of drug-likeness (QED) is 0.779. The molecule has 0 bridgehead atoms. The molecule has 0 aliphatic carbocycles. The van der Waals surface area contributed by atoms with E-state index in [0.717, 1.165) is 17.6 Å². The minimum atomic E-state index is -0.705. The maximum Gasteiger partial charge on any atom is 0.176 e. The fraction of sp³-hybridized carbons (Fsp3) is 0.462. The maximum atomic E-state index is 12.2. The average molecular weight is 346 g/mol. The summed E-state index contributed by atoms with van der Waals surface area (Å²) in [6.45, 7) is 1.85. The lowest BCUT2D eigenvalue weighted by Crippen LogP contribution is -2.40. The molecule has 4 nitrogen and oxygen atoms in total. The molecule has 104 valence electrons. The number of carbonyl (C=O) groups is 1. The van der Waals surface area contributed by atoms with Crippen molar-refractivity contribution in [3.63, 3.8) is 0 Å². The van der Waals surface area contributed by atoms with E-state index in [1.165, 1.54) is 0 Å². The minimum absolute atomic E-state index is 0.0797.